The molecule has 0 fully saturated rings. The molecule has 0 atom stereocenters. The third-order valence-corrected chi connectivity index (χ3v) is 6.57. The molecule has 8 heteroatoms. The summed E-state index contributed by atoms with van der Waals surface area (Å²) in [4.78, 5) is 15.8. The van der Waals surface area contributed by atoms with Crippen LogP contribution < -0.4 is 4.74 Å². The molecule has 1 aromatic heterocycles. The molecule has 0 aliphatic carbocycles. The minimum absolute atomic E-state index is 0.0246. The predicted molar refractivity (Wildman–Crippen MR) is 95.0 cm³/mol. The number of hydrogen-bond acceptors (Lipinski definition) is 5. The molecule has 0 unspecified atom stereocenters. The number of aromatic nitrogens is 1. The molecule has 0 amide bonds. The standard InChI is InChI=1S/C18H20N2O5S/c1-11-8-16(25-3)17(9-12(11)2)26(23,24)20-7-5-15-14(10-20)13(18(21)22)4-6-19-15/h4,6,8-9H,5,7,10H2,1-3H3,(H,21,22). The van der Waals surface area contributed by atoms with Crippen molar-refractivity contribution < 1.29 is 23.1 Å². The Balaban J connectivity index is 2.06. The second-order valence-electron chi connectivity index (χ2n) is 6.26. The van der Waals surface area contributed by atoms with Crippen LogP contribution >= 0.6 is 0 Å². The monoisotopic (exact) mass is 376 g/mol. The Morgan fingerprint density at radius 1 is 1.27 bits per heavy atom. The van der Waals surface area contributed by atoms with E-state index >= 15 is 0 Å². The molecular formula is C18H20N2O5S. The Morgan fingerprint density at radius 2 is 1.96 bits per heavy atom. The largest absolute Gasteiger partial charge is 0.495 e. The molecule has 1 N–H and O–H groups in total. The van der Waals surface area contributed by atoms with E-state index in [9.17, 15) is 18.3 Å². The van der Waals surface area contributed by atoms with Gasteiger partial charge in [-0.2, -0.15) is 4.31 Å². The van der Waals surface area contributed by atoms with E-state index < -0.39 is 16.0 Å². The first-order chi connectivity index (χ1) is 12.3. The van der Waals surface area contributed by atoms with Gasteiger partial charge in [0, 0.05) is 37.0 Å². The Labute approximate surface area is 152 Å². The highest BCUT2D eigenvalue weighted by Crippen LogP contribution is 2.32. The average Bonchev–Trinajstić information content (AvgIpc) is 2.62. The van der Waals surface area contributed by atoms with Gasteiger partial charge in [0.1, 0.15) is 10.6 Å². The van der Waals surface area contributed by atoms with Crippen LogP contribution in [0.1, 0.15) is 32.7 Å². The Bertz CT molecular complexity index is 985. The van der Waals surface area contributed by atoms with Crippen molar-refractivity contribution in [2.45, 2.75) is 31.7 Å². The quantitative estimate of drug-likeness (QED) is 0.878. The third-order valence-electron chi connectivity index (χ3n) is 4.71. The number of fused-ring (bicyclic) bond motifs is 1. The fraction of sp³-hybridized carbons (Fsp3) is 0.333. The van der Waals surface area contributed by atoms with Crippen molar-refractivity contribution in [3.8, 4) is 5.75 Å². The summed E-state index contributed by atoms with van der Waals surface area (Å²) in [5.74, 6) is -0.810. The number of carboxylic acid groups (broad SMARTS) is 1. The summed E-state index contributed by atoms with van der Waals surface area (Å²) in [6.07, 6.45) is 1.81. The van der Waals surface area contributed by atoms with Crippen molar-refractivity contribution in [3.05, 3.63) is 52.3 Å². The van der Waals surface area contributed by atoms with Crippen molar-refractivity contribution in [2.24, 2.45) is 0 Å². The highest BCUT2D eigenvalue weighted by molar-refractivity contribution is 7.89. The van der Waals surface area contributed by atoms with E-state index in [0.29, 0.717) is 17.7 Å². The van der Waals surface area contributed by atoms with E-state index in [1.165, 1.54) is 23.7 Å². The maximum Gasteiger partial charge on any atom is 0.336 e. The zero-order valence-corrected chi connectivity index (χ0v) is 15.6. The van der Waals surface area contributed by atoms with Gasteiger partial charge in [-0.3, -0.25) is 4.98 Å². The lowest BCUT2D eigenvalue weighted by molar-refractivity contribution is 0.0694. The number of nitrogens with zero attached hydrogens (tertiary/aromatic N) is 2. The third kappa shape index (κ3) is 3.06. The van der Waals surface area contributed by atoms with Gasteiger partial charge in [-0.15, -0.1) is 0 Å². The maximum absolute atomic E-state index is 13.2. The Kier molecular flexibility index (Phi) is 4.72. The second-order valence-corrected chi connectivity index (χ2v) is 8.17. The number of rotatable bonds is 4. The van der Waals surface area contributed by atoms with Crippen LogP contribution in [0.15, 0.2) is 29.3 Å². The van der Waals surface area contributed by atoms with E-state index in [1.807, 2.05) is 13.8 Å². The van der Waals surface area contributed by atoms with Gasteiger partial charge in [0.2, 0.25) is 10.0 Å². The first-order valence-electron chi connectivity index (χ1n) is 8.11. The molecule has 1 aliphatic heterocycles. The number of sulfonamides is 1. The highest BCUT2D eigenvalue weighted by atomic mass is 32.2. The van der Waals surface area contributed by atoms with E-state index in [4.69, 9.17) is 4.74 Å². The van der Waals surface area contributed by atoms with Crippen molar-refractivity contribution in [3.63, 3.8) is 0 Å². The van der Waals surface area contributed by atoms with Gasteiger partial charge >= 0.3 is 5.97 Å². The van der Waals surface area contributed by atoms with Gasteiger partial charge in [-0.05, 0) is 43.2 Å². The summed E-state index contributed by atoms with van der Waals surface area (Å²) in [5.41, 5.74) is 2.93. The fourth-order valence-corrected chi connectivity index (χ4v) is 4.71. The smallest absolute Gasteiger partial charge is 0.336 e. The minimum atomic E-state index is -3.84. The van der Waals surface area contributed by atoms with Crippen molar-refractivity contribution >= 4 is 16.0 Å². The van der Waals surface area contributed by atoms with Crippen LogP contribution in [-0.2, 0) is 23.0 Å². The summed E-state index contributed by atoms with van der Waals surface area (Å²) < 4.78 is 33.0. The van der Waals surface area contributed by atoms with Gasteiger partial charge in [0.05, 0.1) is 12.7 Å². The number of aryl methyl sites for hydroxylation is 2. The van der Waals surface area contributed by atoms with Gasteiger partial charge in [0.15, 0.2) is 0 Å². The molecule has 7 nitrogen and oxygen atoms in total. The summed E-state index contributed by atoms with van der Waals surface area (Å²) in [6.45, 7) is 3.94. The first kappa shape index (κ1) is 18.3. The zero-order valence-electron chi connectivity index (χ0n) is 14.8. The van der Waals surface area contributed by atoms with Gasteiger partial charge in [-0.25, -0.2) is 13.2 Å². The molecule has 1 aromatic carbocycles. The number of carbonyl (C=O) groups is 1. The molecule has 3 rings (SSSR count). The van der Waals surface area contributed by atoms with Gasteiger partial charge < -0.3 is 9.84 Å². The van der Waals surface area contributed by atoms with Crippen LogP contribution in [0.4, 0.5) is 0 Å². The van der Waals surface area contributed by atoms with Crippen molar-refractivity contribution in [1.82, 2.24) is 9.29 Å². The molecule has 26 heavy (non-hydrogen) atoms. The minimum Gasteiger partial charge on any atom is -0.495 e. The summed E-state index contributed by atoms with van der Waals surface area (Å²) >= 11 is 0. The molecule has 0 bridgehead atoms. The van der Waals surface area contributed by atoms with Crippen LogP contribution in [0.2, 0.25) is 0 Å². The van der Waals surface area contributed by atoms with Crippen LogP contribution in [0.25, 0.3) is 0 Å². The van der Waals surface area contributed by atoms with Gasteiger partial charge in [-0.1, -0.05) is 0 Å². The van der Waals surface area contributed by atoms with Crippen LogP contribution in [0, 0.1) is 13.8 Å². The normalized spacial score (nSPS) is 14.7. The van der Waals surface area contributed by atoms with E-state index in [1.54, 1.807) is 12.1 Å². The summed E-state index contributed by atoms with van der Waals surface area (Å²) in [7, 11) is -2.41. The molecule has 0 spiro atoms. The number of carboxylic acids is 1. The average molecular weight is 376 g/mol. The number of methoxy groups -OCH3 is 1. The highest BCUT2D eigenvalue weighted by Gasteiger charge is 2.33. The Hall–Kier alpha value is -2.45. The molecule has 138 valence electrons. The lowest BCUT2D eigenvalue weighted by Gasteiger charge is -2.29. The molecule has 2 heterocycles. The number of benzene rings is 1. The first-order valence-corrected chi connectivity index (χ1v) is 9.55. The second kappa shape index (κ2) is 6.69. The zero-order chi connectivity index (χ0) is 19.1. The van der Waals surface area contributed by atoms with E-state index in [-0.39, 0.29) is 29.3 Å². The SMILES string of the molecule is COc1cc(C)c(C)cc1S(=O)(=O)N1CCc2nccc(C(=O)O)c2C1. The molecule has 0 radical (unpaired) electrons. The number of ether oxygens (including phenoxy) is 1. The molecule has 2 aromatic rings. The number of aromatic carboxylic acids is 1. The number of hydrogen-bond donors (Lipinski definition) is 1. The van der Waals surface area contributed by atoms with Crippen LogP contribution in [0.3, 0.4) is 0 Å². The number of pyridine rings is 1. The van der Waals surface area contributed by atoms with Gasteiger partial charge in [0.25, 0.3) is 0 Å². The lowest BCUT2D eigenvalue weighted by Crippen LogP contribution is -2.37. The lowest BCUT2D eigenvalue weighted by atomic mass is 10.0. The summed E-state index contributed by atoms with van der Waals surface area (Å²) in [5, 5.41) is 9.38. The van der Waals surface area contributed by atoms with Crippen LogP contribution in [-0.4, -0.2) is 42.4 Å². The molecule has 0 saturated carbocycles. The molecule has 0 saturated heterocycles. The predicted octanol–water partition coefficient (Wildman–Crippen LogP) is 2.15. The van der Waals surface area contributed by atoms with Crippen molar-refractivity contribution in [1.29, 1.82) is 0 Å². The molecular weight excluding hydrogens is 356 g/mol. The van der Waals surface area contributed by atoms with E-state index in [0.717, 1.165) is 11.1 Å². The molecule has 1 aliphatic rings. The fourth-order valence-electron chi connectivity index (χ4n) is 3.08. The topological polar surface area (TPSA) is 96.8 Å². The van der Waals surface area contributed by atoms with E-state index in [2.05, 4.69) is 4.98 Å². The van der Waals surface area contributed by atoms with Crippen LogP contribution in [0.5, 0.6) is 5.75 Å². The summed E-state index contributed by atoms with van der Waals surface area (Å²) in [6, 6.07) is 4.69. The Morgan fingerprint density at radius 3 is 2.62 bits per heavy atom. The maximum atomic E-state index is 13.2. The van der Waals surface area contributed by atoms with Crippen molar-refractivity contribution in [2.75, 3.05) is 13.7 Å².